The quantitative estimate of drug-likeness (QED) is 0.851. The van der Waals surface area contributed by atoms with Gasteiger partial charge in [0, 0.05) is 6.20 Å². The topological polar surface area (TPSA) is 56.7 Å². The third-order valence-corrected chi connectivity index (χ3v) is 3.96. The van der Waals surface area contributed by atoms with Gasteiger partial charge in [0.2, 0.25) is 0 Å². The van der Waals surface area contributed by atoms with Crippen molar-refractivity contribution in [3.05, 3.63) is 39.1 Å². The average molecular weight is 346 g/mol. The van der Waals surface area contributed by atoms with E-state index in [9.17, 15) is 4.39 Å². The van der Waals surface area contributed by atoms with E-state index in [4.69, 9.17) is 5.73 Å². The predicted molar refractivity (Wildman–Crippen MR) is 72.1 cm³/mol. The van der Waals surface area contributed by atoms with Crippen LogP contribution in [0.2, 0.25) is 0 Å². The van der Waals surface area contributed by atoms with Crippen molar-refractivity contribution in [3.63, 3.8) is 0 Å². The molecule has 2 rings (SSSR count). The third kappa shape index (κ3) is 2.26. The molecule has 0 saturated heterocycles. The zero-order valence-electron chi connectivity index (χ0n) is 9.48. The minimum absolute atomic E-state index is 0.139. The summed E-state index contributed by atoms with van der Waals surface area (Å²) in [6.45, 7) is 3.81. The number of hydrogen-bond acceptors (Lipinski definition) is 3. The molecule has 2 aromatic rings. The Morgan fingerprint density at radius 2 is 2.18 bits per heavy atom. The minimum atomic E-state index is -0.355. The Bertz CT molecular complexity index is 552. The lowest BCUT2D eigenvalue weighted by Gasteiger charge is -2.13. The van der Waals surface area contributed by atoms with E-state index in [2.05, 4.69) is 32.7 Å². The first kappa shape index (κ1) is 12.3. The number of nitrogen functional groups attached to an aromatic ring is 1. The first-order valence-corrected chi connectivity index (χ1v) is 6.19. The first-order chi connectivity index (χ1) is 8.00. The van der Waals surface area contributed by atoms with Gasteiger partial charge < -0.3 is 5.73 Å². The summed E-state index contributed by atoms with van der Waals surface area (Å²) in [5, 5.41) is 4.35. The lowest BCUT2D eigenvalue weighted by Crippen LogP contribution is -2.12. The van der Waals surface area contributed by atoms with Gasteiger partial charge in [0.25, 0.3) is 0 Å². The summed E-state index contributed by atoms with van der Waals surface area (Å²) in [4.78, 5) is 3.83. The molecule has 90 valence electrons. The molecule has 2 aromatic heterocycles. The maximum atomic E-state index is 13.1. The summed E-state index contributed by atoms with van der Waals surface area (Å²) < 4.78 is 15.7. The van der Waals surface area contributed by atoms with Crippen molar-refractivity contribution in [1.82, 2.24) is 14.8 Å². The zero-order chi connectivity index (χ0) is 12.6. The van der Waals surface area contributed by atoms with Crippen molar-refractivity contribution in [2.45, 2.75) is 19.9 Å². The van der Waals surface area contributed by atoms with Crippen molar-refractivity contribution < 1.29 is 4.39 Å². The Morgan fingerprint density at radius 3 is 2.71 bits per heavy atom. The molecule has 0 radical (unpaired) electrons. The van der Waals surface area contributed by atoms with E-state index in [0.29, 0.717) is 5.82 Å². The minimum Gasteiger partial charge on any atom is -0.383 e. The van der Waals surface area contributed by atoms with Crippen LogP contribution in [0, 0.1) is 16.3 Å². The molecule has 0 saturated carbocycles. The molecule has 0 fully saturated rings. The van der Waals surface area contributed by atoms with E-state index in [1.54, 1.807) is 10.9 Å². The number of aromatic nitrogens is 3. The van der Waals surface area contributed by atoms with Crippen molar-refractivity contribution in [1.29, 1.82) is 0 Å². The number of nitrogens with two attached hydrogens (primary N) is 1. The first-order valence-electron chi connectivity index (χ1n) is 5.11. The number of hydrogen-bond donors (Lipinski definition) is 1. The van der Waals surface area contributed by atoms with E-state index in [-0.39, 0.29) is 11.9 Å². The molecule has 2 N–H and O–H groups in total. The van der Waals surface area contributed by atoms with E-state index in [1.807, 2.05) is 13.8 Å². The Kier molecular flexibility index (Phi) is 3.32. The van der Waals surface area contributed by atoms with Gasteiger partial charge in [-0.15, -0.1) is 0 Å². The maximum absolute atomic E-state index is 13.1. The van der Waals surface area contributed by atoms with Crippen LogP contribution in [0.25, 0.3) is 0 Å². The van der Waals surface area contributed by atoms with Gasteiger partial charge in [0.1, 0.15) is 11.6 Å². The van der Waals surface area contributed by atoms with Crippen LogP contribution in [0.5, 0.6) is 0 Å². The third-order valence-electron chi connectivity index (χ3n) is 2.62. The normalized spacial score (nSPS) is 12.7. The molecule has 17 heavy (non-hydrogen) atoms. The highest BCUT2D eigenvalue weighted by Gasteiger charge is 2.16. The smallest absolute Gasteiger partial charge is 0.141 e. The van der Waals surface area contributed by atoms with Crippen molar-refractivity contribution in [2.75, 3.05) is 5.73 Å². The van der Waals surface area contributed by atoms with Crippen molar-refractivity contribution in [2.24, 2.45) is 0 Å². The van der Waals surface area contributed by atoms with Gasteiger partial charge in [-0.1, -0.05) is 0 Å². The van der Waals surface area contributed by atoms with Gasteiger partial charge in [-0.3, -0.25) is 4.98 Å². The summed E-state index contributed by atoms with van der Waals surface area (Å²) in [7, 11) is 0. The molecule has 0 aliphatic carbocycles. The fourth-order valence-corrected chi connectivity index (χ4v) is 1.99. The molecule has 0 bridgehead atoms. The predicted octanol–water partition coefficient (Wildman–Crippen LogP) is 2.52. The molecule has 2 heterocycles. The Balaban J connectivity index is 2.43. The van der Waals surface area contributed by atoms with Crippen LogP contribution < -0.4 is 5.73 Å². The second-order valence-electron chi connectivity index (χ2n) is 3.84. The second kappa shape index (κ2) is 4.59. The molecule has 1 atom stereocenters. The Morgan fingerprint density at radius 1 is 1.47 bits per heavy atom. The van der Waals surface area contributed by atoms with Gasteiger partial charge >= 0.3 is 0 Å². The molecule has 0 spiro atoms. The highest BCUT2D eigenvalue weighted by molar-refractivity contribution is 14.1. The van der Waals surface area contributed by atoms with Crippen LogP contribution in [0.3, 0.4) is 0 Å². The van der Waals surface area contributed by atoms with Crippen LogP contribution in [0.4, 0.5) is 10.2 Å². The van der Waals surface area contributed by atoms with Gasteiger partial charge in [-0.05, 0) is 48.1 Å². The summed E-state index contributed by atoms with van der Waals surface area (Å²) in [5.41, 5.74) is 7.58. The molecule has 0 aliphatic rings. The molecule has 0 aromatic carbocycles. The van der Waals surface area contributed by atoms with E-state index in [0.717, 1.165) is 14.8 Å². The van der Waals surface area contributed by atoms with Crippen molar-refractivity contribution in [3.8, 4) is 0 Å². The van der Waals surface area contributed by atoms with Crippen LogP contribution in [0.1, 0.15) is 24.2 Å². The molecule has 1 unspecified atom stereocenters. The van der Waals surface area contributed by atoms with Crippen LogP contribution in [-0.2, 0) is 0 Å². The zero-order valence-corrected chi connectivity index (χ0v) is 11.6. The molecular formula is C11H12FIN4. The average Bonchev–Trinajstić information content (AvgIpc) is 2.56. The molecule has 0 amide bonds. The van der Waals surface area contributed by atoms with Gasteiger partial charge in [-0.2, -0.15) is 5.10 Å². The number of nitrogens with zero attached hydrogens (tertiary/aromatic N) is 3. The fraction of sp³-hybridized carbons (Fsp3) is 0.273. The van der Waals surface area contributed by atoms with Crippen LogP contribution >= 0.6 is 22.6 Å². The standard InChI is InChI=1S/C11H12FIN4/c1-6-10(13)11(14)17(16-6)7(2)8-3-9(12)5-15-4-8/h3-5,7H,14H2,1-2H3. The van der Waals surface area contributed by atoms with Crippen LogP contribution in [0.15, 0.2) is 18.5 Å². The lowest BCUT2D eigenvalue weighted by molar-refractivity contribution is 0.556. The second-order valence-corrected chi connectivity index (χ2v) is 4.92. The van der Waals surface area contributed by atoms with Gasteiger partial charge in [0.15, 0.2) is 0 Å². The number of halogens is 2. The van der Waals surface area contributed by atoms with Gasteiger partial charge in [0.05, 0.1) is 21.5 Å². The highest BCUT2D eigenvalue weighted by atomic mass is 127. The summed E-state index contributed by atoms with van der Waals surface area (Å²) in [6, 6.07) is 1.31. The lowest BCUT2D eigenvalue weighted by atomic mass is 10.1. The number of anilines is 1. The molecule has 6 heteroatoms. The van der Waals surface area contributed by atoms with E-state index < -0.39 is 0 Å². The Labute approximate surface area is 112 Å². The van der Waals surface area contributed by atoms with Gasteiger partial charge in [-0.25, -0.2) is 9.07 Å². The summed E-state index contributed by atoms with van der Waals surface area (Å²) >= 11 is 2.15. The Hall–Kier alpha value is -1.18. The van der Waals surface area contributed by atoms with E-state index in [1.165, 1.54) is 12.3 Å². The maximum Gasteiger partial charge on any atom is 0.141 e. The number of rotatable bonds is 2. The fourth-order valence-electron chi connectivity index (χ4n) is 1.64. The van der Waals surface area contributed by atoms with Crippen molar-refractivity contribution >= 4 is 28.4 Å². The number of aryl methyl sites for hydroxylation is 1. The molecule has 4 nitrogen and oxygen atoms in total. The molecular weight excluding hydrogens is 334 g/mol. The largest absolute Gasteiger partial charge is 0.383 e. The monoisotopic (exact) mass is 346 g/mol. The number of pyridine rings is 1. The highest BCUT2D eigenvalue weighted by Crippen LogP contribution is 2.25. The van der Waals surface area contributed by atoms with Crippen LogP contribution in [-0.4, -0.2) is 14.8 Å². The molecule has 0 aliphatic heterocycles. The SMILES string of the molecule is Cc1nn(C(C)c2cncc(F)c2)c(N)c1I. The van der Waals surface area contributed by atoms with E-state index >= 15 is 0 Å². The summed E-state index contributed by atoms with van der Waals surface area (Å²) in [5.74, 6) is 0.242. The summed E-state index contributed by atoms with van der Waals surface area (Å²) in [6.07, 6.45) is 2.80.